The molecule has 1 aromatic rings. The molecule has 5 heteroatoms. The lowest BCUT2D eigenvalue weighted by molar-refractivity contribution is -0.130. The van der Waals surface area contributed by atoms with Crippen LogP contribution in [0.4, 0.5) is 8.78 Å². The van der Waals surface area contributed by atoms with Gasteiger partial charge in [-0.15, -0.1) is 0 Å². The summed E-state index contributed by atoms with van der Waals surface area (Å²) in [5, 5.41) is 3.21. The number of hydrogen-bond acceptors (Lipinski definition) is 2. The van der Waals surface area contributed by atoms with Gasteiger partial charge in [0.1, 0.15) is 6.17 Å². The monoisotopic (exact) mass is 296 g/mol. The highest BCUT2D eigenvalue weighted by Crippen LogP contribution is 2.28. The summed E-state index contributed by atoms with van der Waals surface area (Å²) in [4.78, 5) is 14.1. The second-order valence-corrected chi connectivity index (χ2v) is 5.92. The van der Waals surface area contributed by atoms with E-state index < -0.39 is 11.6 Å². The van der Waals surface area contributed by atoms with Crippen LogP contribution in [0, 0.1) is 17.6 Å². The van der Waals surface area contributed by atoms with E-state index in [1.165, 1.54) is 12.1 Å². The first-order valence-corrected chi connectivity index (χ1v) is 7.45. The molecule has 2 unspecified atom stereocenters. The quantitative estimate of drug-likeness (QED) is 0.905. The standard InChI is InChI=1S/C16H22F2N2O/c1-4-14-16(21)20(8-7-10(2)3)15(19-14)11-5-6-12(17)13(18)9-11/h5-6,9-10,14-15,19H,4,7-8H2,1-3H3. The predicted molar refractivity (Wildman–Crippen MR) is 77.5 cm³/mol. The molecule has 1 aliphatic heterocycles. The van der Waals surface area contributed by atoms with Crippen LogP contribution < -0.4 is 5.32 Å². The number of benzene rings is 1. The van der Waals surface area contributed by atoms with Crippen molar-refractivity contribution >= 4 is 5.91 Å². The molecule has 1 aromatic carbocycles. The van der Waals surface area contributed by atoms with Crippen LogP contribution in [-0.2, 0) is 4.79 Å². The van der Waals surface area contributed by atoms with Gasteiger partial charge in [0.05, 0.1) is 6.04 Å². The fraction of sp³-hybridized carbons (Fsp3) is 0.562. The van der Waals surface area contributed by atoms with Crippen molar-refractivity contribution in [3.8, 4) is 0 Å². The van der Waals surface area contributed by atoms with Gasteiger partial charge in [-0.25, -0.2) is 8.78 Å². The van der Waals surface area contributed by atoms with Gasteiger partial charge in [0.25, 0.3) is 0 Å². The van der Waals surface area contributed by atoms with Crippen molar-refractivity contribution < 1.29 is 13.6 Å². The third-order valence-electron chi connectivity index (χ3n) is 3.87. The molecular formula is C16H22F2N2O. The molecule has 1 heterocycles. The molecule has 0 saturated carbocycles. The molecule has 1 saturated heterocycles. The molecule has 0 bridgehead atoms. The Kier molecular flexibility index (Phi) is 4.93. The minimum atomic E-state index is -0.884. The molecule has 2 rings (SSSR count). The van der Waals surface area contributed by atoms with Gasteiger partial charge in [0.15, 0.2) is 11.6 Å². The second-order valence-electron chi connectivity index (χ2n) is 5.92. The van der Waals surface area contributed by atoms with E-state index in [9.17, 15) is 13.6 Å². The van der Waals surface area contributed by atoms with Gasteiger partial charge >= 0.3 is 0 Å². The van der Waals surface area contributed by atoms with Crippen molar-refractivity contribution in [2.75, 3.05) is 6.54 Å². The lowest BCUT2D eigenvalue weighted by atomic mass is 10.1. The summed E-state index contributed by atoms with van der Waals surface area (Å²) in [5.74, 6) is -1.24. The fourth-order valence-electron chi connectivity index (χ4n) is 2.57. The molecule has 1 amide bonds. The highest BCUT2D eigenvalue weighted by molar-refractivity contribution is 5.84. The molecule has 1 aliphatic rings. The van der Waals surface area contributed by atoms with E-state index in [0.717, 1.165) is 12.5 Å². The molecule has 3 nitrogen and oxygen atoms in total. The average molecular weight is 296 g/mol. The van der Waals surface area contributed by atoms with Crippen LogP contribution in [0.15, 0.2) is 18.2 Å². The maximum Gasteiger partial charge on any atom is 0.241 e. The van der Waals surface area contributed by atoms with Gasteiger partial charge in [-0.1, -0.05) is 26.8 Å². The van der Waals surface area contributed by atoms with Gasteiger partial charge in [-0.05, 0) is 36.5 Å². The van der Waals surface area contributed by atoms with E-state index in [-0.39, 0.29) is 18.1 Å². The zero-order valence-corrected chi connectivity index (χ0v) is 12.7. The summed E-state index contributed by atoms with van der Waals surface area (Å²) >= 11 is 0. The van der Waals surface area contributed by atoms with Gasteiger partial charge in [-0.3, -0.25) is 10.1 Å². The van der Waals surface area contributed by atoms with E-state index in [0.29, 0.717) is 24.4 Å². The molecule has 21 heavy (non-hydrogen) atoms. The molecule has 1 fully saturated rings. The Balaban J connectivity index is 2.25. The van der Waals surface area contributed by atoms with E-state index in [1.54, 1.807) is 4.90 Å². The highest BCUT2D eigenvalue weighted by atomic mass is 19.2. The molecule has 2 atom stereocenters. The van der Waals surface area contributed by atoms with Gasteiger partial charge in [-0.2, -0.15) is 0 Å². The molecule has 116 valence electrons. The number of nitrogens with zero attached hydrogens (tertiary/aromatic N) is 1. The van der Waals surface area contributed by atoms with Crippen LogP contribution in [0.1, 0.15) is 45.3 Å². The Bertz CT molecular complexity index is 519. The Morgan fingerprint density at radius 3 is 2.57 bits per heavy atom. The largest absolute Gasteiger partial charge is 0.322 e. The van der Waals surface area contributed by atoms with E-state index >= 15 is 0 Å². The summed E-state index contributed by atoms with van der Waals surface area (Å²) in [6.45, 7) is 6.74. The summed E-state index contributed by atoms with van der Waals surface area (Å²) in [6, 6.07) is 3.55. The Morgan fingerprint density at radius 1 is 1.29 bits per heavy atom. The third-order valence-corrected chi connectivity index (χ3v) is 3.87. The van der Waals surface area contributed by atoms with Gasteiger partial charge < -0.3 is 4.90 Å². The minimum absolute atomic E-state index is 0.0351. The summed E-state index contributed by atoms with van der Waals surface area (Å²) < 4.78 is 26.5. The van der Waals surface area contributed by atoms with Crippen LogP contribution in [0.5, 0.6) is 0 Å². The van der Waals surface area contributed by atoms with Crippen molar-refractivity contribution in [3.05, 3.63) is 35.4 Å². The van der Waals surface area contributed by atoms with Crippen molar-refractivity contribution in [2.24, 2.45) is 5.92 Å². The topological polar surface area (TPSA) is 32.3 Å². The van der Waals surface area contributed by atoms with E-state index in [2.05, 4.69) is 19.2 Å². The maximum atomic E-state index is 13.4. The van der Waals surface area contributed by atoms with Gasteiger partial charge in [0.2, 0.25) is 5.91 Å². The Hall–Kier alpha value is -1.49. The van der Waals surface area contributed by atoms with Crippen LogP contribution in [0.2, 0.25) is 0 Å². The Morgan fingerprint density at radius 2 is 2.00 bits per heavy atom. The number of carbonyl (C=O) groups excluding carboxylic acids is 1. The number of amides is 1. The zero-order chi connectivity index (χ0) is 15.6. The number of nitrogens with one attached hydrogen (secondary N) is 1. The predicted octanol–water partition coefficient (Wildman–Crippen LogP) is 3.22. The van der Waals surface area contributed by atoms with Crippen LogP contribution in [0.25, 0.3) is 0 Å². The smallest absolute Gasteiger partial charge is 0.241 e. The summed E-state index contributed by atoms with van der Waals surface area (Å²) in [5.41, 5.74) is 0.585. The minimum Gasteiger partial charge on any atom is -0.322 e. The number of halogens is 2. The van der Waals surface area contributed by atoms with Crippen molar-refractivity contribution in [1.29, 1.82) is 0 Å². The molecule has 0 radical (unpaired) electrons. The first-order chi connectivity index (χ1) is 9.93. The lowest BCUT2D eigenvalue weighted by Crippen LogP contribution is -2.32. The lowest BCUT2D eigenvalue weighted by Gasteiger charge is -2.25. The number of carbonyl (C=O) groups is 1. The fourth-order valence-corrected chi connectivity index (χ4v) is 2.57. The van der Waals surface area contributed by atoms with Crippen molar-refractivity contribution in [3.63, 3.8) is 0 Å². The van der Waals surface area contributed by atoms with Gasteiger partial charge in [0, 0.05) is 6.54 Å². The zero-order valence-electron chi connectivity index (χ0n) is 12.7. The average Bonchev–Trinajstić information content (AvgIpc) is 2.76. The maximum absolute atomic E-state index is 13.4. The molecule has 0 aliphatic carbocycles. The van der Waals surface area contributed by atoms with Crippen LogP contribution in [0.3, 0.4) is 0 Å². The molecule has 0 aromatic heterocycles. The third kappa shape index (κ3) is 3.40. The van der Waals surface area contributed by atoms with Crippen molar-refractivity contribution in [1.82, 2.24) is 10.2 Å². The molecule has 0 spiro atoms. The molecule has 1 N–H and O–H groups in total. The summed E-state index contributed by atoms with van der Waals surface area (Å²) in [6.07, 6.45) is 1.18. The summed E-state index contributed by atoms with van der Waals surface area (Å²) in [7, 11) is 0. The normalized spacial score (nSPS) is 22.4. The Labute approximate surface area is 124 Å². The van der Waals surface area contributed by atoms with E-state index in [4.69, 9.17) is 0 Å². The SMILES string of the molecule is CCC1NC(c2ccc(F)c(F)c2)N(CCC(C)C)C1=O. The molecular weight excluding hydrogens is 274 g/mol. The number of hydrogen-bond donors (Lipinski definition) is 1. The van der Waals surface area contributed by atoms with E-state index in [1.807, 2.05) is 6.92 Å². The van der Waals surface area contributed by atoms with Crippen LogP contribution in [-0.4, -0.2) is 23.4 Å². The first-order valence-electron chi connectivity index (χ1n) is 7.45. The number of rotatable bonds is 5. The highest BCUT2D eigenvalue weighted by Gasteiger charge is 2.38. The van der Waals surface area contributed by atoms with Crippen molar-refractivity contribution in [2.45, 2.75) is 45.8 Å². The first kappa shape index (κ1) is 15.9. The second kappa shape index (κ2) is 6.52. The van der Waals surface area contributed by atoms with Crippen LogP contribution >= 0.6 is 0 Å².